The van der Waals surface area contributed by atoms with Crippen LogP contribution in [0.5, 0.6) is 5.88 Å². The molecule has 0 radical (unpaired) electrons. The maximum absolute atomic E-state index is 13.0. The number of carbonyl (C=O) groups excluding carboxylic acids is 1. The maximum atomic E-state index is 13.0. The third-order valence-electron chi connectivity index (χ3n) is 4.49. The normalized spacial score (nSPS) is 15.1. The van der Waals surface area contributed by atoms with E-state index >= 15 is 0 Å². The Morgan fingerprint density at radius 2 is 2.04 bits per heavy atom. The topological polar surface area (TPSA) is 115 Å². The van der Waals surface area contributed by atoms with E-state index in [1.807, 2.05) is 46.8 Å². The van der Waals surface area contributed by atoms with Crippen molar-refractivity contribution in [3.05, 3.63) is 27.6 Å². The Morgan fingerprint density at radius 3 is 2.57 bits per heavy atom. The Bertz CT molecular complexity index is 1000. The largest absolute Gasteiger partial charge is 0.494 e. The molecule has 0 unspecified atom stereocenters. The van der Waals surface area contributed by atoms with Crippen LogP contribution < -0.4 is 16.6 Å². The minimum atomic E-state index is -0.674. The van der Waals surface area contributed by atoms with Gasteiger partial charge in [-0.15, -0.1) is 5.10 Å². The van der Waals surface area contributed by atoms with E-state index in [4.69, 9.17) is 5.73 Å². The van der Waals surface area contributed by atoms with Gasteiger partial charge in [0.2, 0.25) is 5.88 Å². The number of hydrogen-bond donors (Lipinski definition) is 3. The van der Waals surface area contributed by atoms with Crippen LogP contribution in [0.25, 0.3) is 11.7 Å². The first kappa shape index (κ1) is 20.0. The third-order valence-corrected chi connectivity index (χ3v) is 4.49. The molecule has 2 heterocycles. The predicted octanol–water partition coefficient (Wildman–Crippen LogP) is 2.39. The summed E-state index contributed by atoms with van der Waals surface area (Å²) in [6.45, 7) is 10.5. The average molecular weight is 387 g/mol. The lowest BCUT2D eigenvalue weighted by molar-refractivity contribution is 0.0944. The molecule has 8 nitrogen and oxygen atoms in total. The van der Waals surface area contributed by atoms with Crippen LogP contribution in [0.15, 0.2) is 10.9 Å². The van der Waals surface area contributed by atoms with E-state index in [0.717, 1.165) is 17.4 Å². The molecule has 0 bridgehead atoms. The number of amides is 1. The van der Waals surface area contributed by atoms with Crippen LogP contribution in [0.1, 0.15) is 63.4 Å². The molecule has 0 saturated heterocycles. The molecule has 0 aliphatic heterocycles. The van der Waals surface area contributed by atoms with Crippen LogP contribution >= 0.6 is 0 Å². The highest BCUT2D eigenvalue weighted by molar-refractivity contribution is 5.97. The lowest BCUT2D eigenvalue weighted by Crippen LogP contribution is -2.35. The van der Waals surface area contributed by atoms with Gasteiger partial charge in [-0.05, 0) is 24.2 Å². The van der Waals surface area contributed by atoms with Gasteiger partial charge >= 0.3 is 0 Å². The van der Waals surface area contributed by atoms with Crippen LogP contribution in [-0.2, 0) is 6.54 Å². The molecule has 1 aliphatic carbocycles. The van der Waals surface area contributed by atoms with Crippen molar-refractivity contribution in [1.29, 1.82) is 0 Å². The molecule has 1 saturated carbocycles. The van der Waals surface area contributed by atoms with Gasteiger partial charge in [0.05, 0.1) is 5.56 Å². The number of aromatic hydroxyl groups is 1. The van der Waals surface area contributed by atoms with E-state index in [1.54, 1.807) is 4.57 Å². The van der Waals surface area contributed by atoms with Crippen molar-refractivity contribution >= 4 is 23.4 Å². The zero-order valence-electron chi connectivity index (χ0n) is 17.1. The van der Waals surface area contributed by atoms with E-state index in [0.29, 0.717) is 17.8 Å². The molecule has 3 rings (SSSR count). The first-order valence-electron chi connectivity index (χ1n) is 9.62. The van der Waals surface area contributed by atoms with Gasteiger partial charge in [0, 0.05) is 12.6 Å². The maximum Gasteiger partial charge on any atom is 0.291 e. The summed E-state index contributed by atoms with van der Waals surface area (Å²) in [5.74, 6) is -0.488. The second kappa shape index (κ2) is 7.00. The van der Waals surface area contributed by atoms with Crippen molar-refractivity contribution in [2.45, 2.75) is 60.0 Å². The number of nitrogens with two attached hydrogens (primary N) is 1. The fraction of sp³-hybridized carbons (Fsp3) is 0.550. The second-order valence-corrected chi connectivity index (χ2v) is 9.04. The Labute approximate surface area is 164 Å². The summed E-state index contributed by atoms with van der Waals surface area (Å²) in [5.41, 5.74) is 5.83. The number of aromatic nitrogens is 3. The molecule has 2 aromatic heterocycles. The number of allylic oxidation sites excluding steroid dienone is 1. The van der Waals surface area contributed by atoms with Crippen molar-refractivity contribution in [2.75, 3.05) is 5.73 Å². The lowest BCUT2D eigenvalue weighted by Gasteiger charge is -2.23. The van der Waals surface area contributed by atoms with E-state index in [-0.39, 0.29) is 34.6 Å². The van der Waals surface area contributed by atoms with Gasteiger partial charge in [-0.2, -0.15) is 4.52 Å². The SMILES string of the molecule is CC(C)C=Cc1c(N)nn2c(=O)c(C(=O)NC3CC3)c(O)n(CC(C)(C)C)c12. The molecule has 0 atom stereocenters. The number of carbonyl (C=O) groups is 1. The molecule has 1 amide bonds. The van der Waals surface area contributed by atoms with Crippen molar-refractivity contribution in [3.63, 3.8) is 0 Å². The monoisotopic (exact) mass is 387 g/mol. The van der Waals surface area contributed by atoms with Crippen LogP contribution in [0, 0.1) is 11.3 Å². The number of hydrogen-bond acceptors (Lipinski definition) is 5. The summed E-state index contributed by atoms with van der Waals surface area (Å²) in [4.78, 5) is 25.6. The molecule has 0 spiro atoms. The summed E-state index contributed by atoms with van der Waals surface area (Å²) in [5, 5.41) is 17.9. The third kappa shape index (κ3) is 3.90. The lowest BCUT2D eigenvalue weighted by atomic mass is 9.96. The van der Waals surface area contributed by atoms with E-state index in [9.17, 15) is 14.7 Å². The van der Waals surface area contributed by atoms with Gasteiger partial charge in [-0.1, -0.05) is 46.8 Å². The van der Waals surface area contributed by atoms with Crippen LogP contribution in [0.3, 0.4) is 0 Å². The minimum absolute atomic E-state index is 0.0605. The van der Waals surface area contributed by atoms with Gasteiger partial charge in [0.25, 0.3) is 11.5 Å². The number of rotatable bonds is 5. The number of nitrogens with one attached hydrogen (secondary N) is 1. The van der Waals surface area contributed by atoms with Crippen molar-refractivity contribution in [1.82, 2.24) is 19.5 Å². The van der Waals surface area contributed by atoms with E-state index in [2.05, 4.69) is 10.4 Å². The summed E-state index contributed by atoms with van der Waals surface area (Å²) < 4.78 is 2.69. The molecular formula is C20H29N5O3. The summed E-state index contributed by atoms with van der Waals surface area (Å²) >= 11 is 0. The molecule has 1 fully saturated rings. The Balaban J connectivity index is 2.30. The minimum Gasteiger partial charge on any atom is -0.494 e. The Hall–Kier alpha value is -2.77. The molecular weight excluding hydrogens is 358 g/mol. The first-order valence-corrected chi connectivity index (χ1v) is 9.62. The fourth-order valence-corrected chi connectivity index (χ4v) is 3.03. The van der Waals surface area contributed by atoms with Crippen LogP contribution in [0.4, 0.5) is 5.82 Å². The average Bonchev–Trinajstić information content (AvgIpc) is 3.30. The number of nitrogens with zero attached hydrogens (tertiary/aromatic N) is 3. The molecule has 4 N–H and O–H groups in total. The smallest absolute Gasteiger partial charge is 0.291 e. The Kier molecular flexibility index (Phi) is 4.99. The standard InChI is InChI=1S/C20H29N5O3/c1-11(2)6-9-13-15(21)23-25-17(13)24(10-20(3,4)5)18(27)14(19(25)28)16(26)22-12-7-8-12/h6,9,11-12,27H,7-8,10H2,1-5H3,(H2,21,23)(H,22,26). The van der Waals surface area contributed by atoms with E-state index < -0.39 is 11.5 Å². The molecule has 28 heavy (non-hydrogen) atoms. The molecule has 1 aliphatic rings. The van der Waals surface area contributed by atoms with Gasteiger partial charge in [0.1, 0.15) is 0 Å². The van der Waals surface area contributed by atoms with E-state index in [1.165, 1.54) is 0 Å². The predicted molar refractivity (Wildman–Crippen MR) is 109 cm³/mol. The fourth-order valence-electron chi connectivity index (χ4n) is 3.03. The number of nitrogen functional groups attached to an aromatic ring is 1. The van der Waals surface area contributed by atoms with Gasteiger partial charge in [0.15, 0.2) is 17.0 Å². The summed E-state index contributed by atoms with van der Waals surface area (Å²) in [7, 11) is 0. The zero-order valence-corrected chi connectivity index (χ0v) is 17.1. The molecule has 152 valence electrons. The second-order valence-electron chi connectivity index (χ2n) is 9.04. The molecule has 2 aromatic rings. The summed E-state index contributed by atoms with van der Waals surface area (Å²) in [6.07, 6.45) is 5.52. The highest BCUT2D eigenvalue weighted by Gasteiger charge is 2.31. The summed E-state index contributed by atoms with van der Waals surface area (Å²) in [6, 6.07) is 0.0605. The van der Waals surface area contributed by atoms with Gasteiger partial charge in [-0.25, -0.2) is 0 Å². The van der Waals surface area contributed by atoms with Crippen molar-refractivity contribution in [3.8, 4) is 5.88 Å². The zero-order chi connectivity index (χ0) is 20.8. The first-order chi connectivity index (χ1) is 13.0. The quantitative estimate of drug-likeness (QED) is 0.729. The highest BCUT2D eigenvalue weighted by atomic mass is 16.3. The Morgan fingerprint density at radius 1 is 1.39 bits per heavy atom. The van der Waals surface area contributed by atoms with Crippen LogP contribution in [-0.4, -0.2) is 31.2 Å². The van der Waals surface area contributed by atoms with Crippen molar-refractivity contribution in [2.24, 2.45) is 11.3 Å². The highest BCUT2D eigenvalue weighted by Crippen LogP contribution is 2.29. The number of fused-ring (bicyclic) bond motifs is 1. The van der Waals surface area contributed by atoms with Crippen molar-refractivity contribution < 1.29 is 9.90 Å². The van der Waals surface area contributed by atoms with Gasteiger partial charge in [-0.3, -0.25) is 14.2 Å². The molecule has 0 aromatic carbocycles. The number of anilines is 1. The van der Waals surface area contributed by atoms with Crippen LogP contribution in [0.2, 0.25) is 0 Å². The molecule has 8 heteroatoms. The van der Waals surface area contributed by atoms with Gasteiger partial charge < -0.3 is 16.2 Å².